The standard InChI is InChI=1S/C17H17ClN2O4/c18-11-1-2-14-13(3-11)15(21)4-12(19-14)6-20-5-10-7-24-9-17(10,8-20)16(22)23/h1-4,10H,5-9H2,(H,19,21)(H,22,23)/t10-,17-/m1/s1. The van der Waals surface area contributed by atoms with Crippen molar-refractivity contribution in [3.8, 4) is 0 Å². The number of likely N-dealkylation sites (tertiary alicyclic amines) is 1. The highest BCUT2D eigenvalue weighted by Gasteiger charge is 2.56. The zero-order chi connectivity index (χ0) is 16.9. The summed E-state index contributed by atoms with van der Waals surface area (Å²) in [4.78, 5) is 29.3. The zero-order valence-electron chi connectivity index (χ0n) is 12.9. The Hall–Kier alpha value is -1.89. The van der Waals surface area contributed by atoms with E-state index in [0.717, 1.165) is 11.2 Å². The van der Waals surface area contributed by atoms with Crippen LogP contribution in [0.25, 0.3) is 10.9 Å². The van der Waals surface area contributed by atoms with E-state index in [1.807, 2.05) is 0 Å². The Balaban J connectivity index is 1.61. The van der Waals surface area contributed by atoms with Crippen molar-refractivity contribution >= 4 is 28.5 Å². The van der Waals surface area contributed by atoms with Gasteiger partial charge in [-0.25, -0.2) is 0 Å². The van der Waals surface area contributed by atoms with Gasteiger partial charge in [0.25, 0.3) is 0 Å². The lowest BCUT2D eigenvalue weighted by Gasteiger charge is -2.22. The lowest BCUT2D eigenvalue weighted by molar-refractivity contribution is -0.149. The fraction of sp³-hybridized carbons (Fsp3) is 0.412. The number of ether oxygens (including phenoxy) is 1. The molecule has 2 aliphatic heterocycles. The lowest BCUT2D eigenvalue weighted by atomic mass is 9.81. The van der Waals surface area contributed by atoms with Crippen molar-refractivity contribution in [2.24, 2.45) is 11.3 Å². The second kappa shape index (κ2) is 5.58. The first-order chi connectivity index (χ1) is 11.5. The number of nitrogens with zero attached hydrogens (tertiary/aromatic N) is 1. The van der Waals surface area contributed by atoms with E-state index >= 15 is 0 Å². The van der Waals surface area contributed by atoms with Gasteiger partial charge in [-0.15, -0.1) is 0 Å². The summed E-state index contributed by atoms with van der Waals surface area (Å²) in [5.74, 6) is -0.796. The number of pyridine rings is 1. The minimum absolute atomic E-state index is 0.000912. The second-order valence-corrected chi connectivity index (χ2v) is 7.13. The summed E-state index contributed by atoms with van der Waals surface area (Å²) in [6.07, 6.45) is 0. The van der Waals surface area contributed by atoms with E-state index in [1.54, 1.807) is 24.3 Å². The molecule has 0 saturated carbocycles. The highest BCUT2D eigenvalue weighted by Crippen LogP contribution is 2.41. The fourth-order valence-electron chi connectivity index (χ4n) is 3.86. The van der Waals surface area contributed by atoms with E-state index in [4.69, 9.17) is 16.3 Å². The number of nitrogens with one attached hydrogen (secondary N) is 1. The van der Waals surface area contributed by atoms with E-state index in [1.165, 1.54) is 0 Å². The van der Waals surface area contributed by atoms with Crippen LogP contribution in [0.5, 0.6) is 0 Å². The Labute approximate surface area is 143 Å². The molecule has 0 amide bonds. The van der Waals surface area contributed by atoms with Crippen molar-refractivity contribution in [2.75, 3.05) is 26.3 Å². The summed E-state index contributed by atoms with van der Waals surface area (Å²) in [5, 5.41) is 10.7. The summed E-state index contributed by atoms with van der Waals surface area (Å²) in [7, 11) is 0. The summed E-state index contributed by atoms with van der Waals surface area (Å²) in [6.45, 7) is 2.35. The minimum atomic E-state index is -0.815. The molecule has 0 unspecified atom stereocenters. The maximum atomic E-state index is 12.3. The summed E-state index contributed by atoms with van der Waals surface area (Å²) >= 11 is 5.94. The summed E-state index contributed by atoms with van der Waals surface area (Å²) < 4.78 is 5.38. The number of rotatable bonds is 3. The van der Waals surface area contributed by atoms with Crippen molar-refractivity contribution in [1.29, 1.82) is 0 Å². The van der Waals surface area contributed by atoms with Gasteiger partial charge in [-0.1, -0.05) is 11.6 Å². The third-order valence-corrected chi connectivity index (χ3v) is 5.35. The number of aromatic amines is 1. The maximum absolute atomic E-state index is 12.3. The zero-order valence-corrected chi connectivity index (χ0v) is 13.7. The molecule has 1 aromatic heterocycles. The topological polar surface area (TPSA) is 82.6 Å². The van der Waals surface area contributed by atoms with Gasteiger partial charge in [0.2, 0.25) is 0 Å². The number of hydrogen-bond acceptors (Lipinski definition) is 4. The Bertz CT molecular complexity index is 881. The molecule has 126 valence electrons. The van der Waals surface area contributed by atoms with Crippen LogP contribution in [0.3, 0.4) is 0 Å². The van der Waals surface area contributed by atoms with Gasteiger partial charge in [-0.3, -0.25) is 14.5 Å². The maximum Gasteiger partial charge on any atom is 0.313 e. The number of halogens is 1. The number of carboxylic acid groups (broad SMARTS) is 1. The first-order valence-electron chi connectivity index (χ1n) is 7.83. The molecular formula is C17H17ClN2O4. The Morgan fingerprint density at radius 3 is 3.04 bits per heavy atom. The van der Waals surface area contributed by atoms with Gasteiger partial charge in [0.1, 0.15) is 5.41 Å². The minimum Gasteiger partial charge on any atom is -0.481 e. The number of fused-ring (bicyclic) bond motifs is 2. The van der Waals surface area contributed by atoms with Gasteiger partial charge in [0.15, 0.2) is 5.43 Å². The molecule has 0 radical (unpaired) electrons. The molecule has 3 heterocycles. The van der Waals surface area contributed by atoms with Crippen LogP contribution < -0.4 is 5.43 Å². The molecule has 7 heteroatoms. The van der Waals surface area contributed by atoms with Crippen molar-refractivity contribution in [1.82, 2.24) is 9.88 Å². The smallest absolute Gasteiger partial charge is 0.313 e. The quantitative estimate of drug-likeness (QED) is 0.882. The third kappa shape index (κ3) is 2.42. The number of aliphatic carboxylic acids is 1. The number of aromatic nitrogens is 1. The molecule has 24 heavy (non-hydrogen) atoms. The Morgan fingerprint density at radius 1 is 1.46 bits per heavy atom. The van der Waals surface area contributed by atoms with Crippen LogP contribution >= 0.6 is 11.6 Å². The fourth-order valence-corrected chi connectivity index (χ4v) is 4.04. The molecule has 2 fully saturated rings. The van der Waals surface area contributed by atoms with Crippen LogP contribution in [0.1, 0.15) is 5.69 Å². The van der Waals surface area contributed by atoms with Crippen LogP contribution in [-0.4, -0.2) is 47.3 Å². The molecule has 0 spiro atoms. The SMILES string of the molecule is O=C(O)[C@]12COC[C@H]1CN(Cc1cc(=O)c3cc(Cl)ccc3[nH]1)C2. The molecule has 2 aromatic rings. The molecule has 1 aromatic carbocycles. The molecule has 2 atom stereocenters. The first-order valence-corrected chi connectivity index (χ1v) is 8.21. The molecule has 2 saturated heterocycles. The van der Waals surface area contributed by atoms with Crippen molar-refractivity contribution in [3.05, 3.63) is 45.2 Å². The predicted octanol–water partition coefficient (Wildman–Crippen LogP) is 1.71. The van der Waals surface area contributed by atoms with Gasteiger partial charge in [0.05, 0.1) is 13.2 Å². The van der Waals surface area contributed by atoms with Gasteiger partial charge < -0.3 is 14.8 Å². The summed E-state index contributed by atoms with van der Waals surface area (Å²) in [6, 6.07) is 6.74. The van der Waals surface area contributed by atoms with E-state index in [-0.39, 0.29) is 18.0 Å². The monoisotopic (exact) mass is 348 g/mol. The average Bonchev–Trinajstić information content (AvgIpc) is 3.06. The van der Waals surface area contributed by atoms with Gasteiger partial charge in [-0.05, 0) is 18.2 Å². The highest BCUT2D eigenvalue weighted by atomic mass is 35.5. The van der Waals surface area contributed by atoms with Gasteiger partial charge in [0, 0.05) is 53.2 Å². The first kappa shape index (κ1) is 15.6. The molecule has 2 N–H and O–H groups in total. The number of carbonyl (C=O) groups is 1. The lowest BCUT2D eigenvalue weighted by Crippen LogP contribution is -2.39. The number of carboxylic acids is 1. The molecular weight excluding hydrogens is 332 g/mol. The molecule has 0 aliphatic carbocycles. The normalized spacial score (nSPS) is 26.8. The third-order valence-electron chi connectivity index (χ3n) is 5.11. The van der Waals surface area contributed by atoms with Gasteiger partial charge >= 0.3 is 5.97 Å². The van der Waals surface area contributed by atoms with Crippen LogP contribution in [0, 0.1) is 11.3 Å². The number of H-pyrrole nitrogens is 1. The highest BCUT2D eigenvalue weighted by molar-refractivity contribution is 6.31. The van der Waals surface area contributed by atoms with Crippen LogP contribution in [0.2, 0.25) is 5.02 Å². The predicted molar refractivity (Wildman–Crippen MR) is 89.2 cm³/mol. The molecule has 2 aliphatic rings. The molecule has 4 rings (SSSR count). The molecule has 0 bridgehead atoms. The second-order valence-electron chi connectivity index (χ2n) is 6.69. The van der Waals surface area contributed by atoms with E-state index < -0.39 is 11.4 Å². The van der Waals surface area contributed by atoms with Crippen molar-refractivity contribution < 1.29 is 14.6 Å². The van der Waals surface area contributed by atoms with E-state index in [9.17, 15) is 14.7 Å². The Morgan fingerprint density at radius 2 is 2.29 bits per heavy atom. The number of benzene rings is 1. The average molecular weight is 349 g/mol. The van der Waals surface area contributed by atoms with E-state index in [0.29, 0.717) is 36.7 Å². The largest absolute Gasteiger partial charge is 0.481 e. The summed E-state index contributed by atoms with van der Waals surface area (Å²) in [5.41, 5.74) is 0.607. The van der Waals surface area contributed by atoms with Crippen LogP contribution in [-0.2, 0) is 16.1 Å². The Kier molecular flexibility index (Phi) is 3.63. The van der Waals surface area contributed by atoms with Gasteiger partial charge in [-0.2, -0.15) is 0 Å². The van der Waals surface area contributed by atoms with E-state index in [2.05, 4.69) is 9.88 Å². The molecule has 6 nitrogen and oxygen atoms in total. The van der Waals surface area contributed by atoms with Crippen LogP contribution in [0.4, 0.5) is 0 Å². The van der Waals surface area contributed by atoms with Crippen LogP contribution in [0.15, 0.2) is 29.1 Å². The van der Waals surface area contributed by atoms with Crippen molar-refractivity contribution in [2.45, 2.75) is 6.54 Å². The number of hydrogen-bond donors (Lipinski definition) is 2. The van der Waals surface area contributed by atoms with Crippen molar-refractivity contribution in [3.63, 3.8) is 0 Å².